The number of nitrogens with zero attached hydrogens (tertiary/aromatic N) is 3. The van der Waals surface area contributed by atoms with Gasteiger partial charge in [-0.2, -0.15) is 0 Å². The molecule has 2 rings (SSSR count). The number of para-hydroxylation sites is 1. The number of nitro groups is 1. The number of rotatable bonds is 6. The number of carbonyl (C=O) groups excluding carboxylic acids is 1. The molecule has 1 heterocycles. The fourth-order valence-electron chi connectivity index (χ4n) is 2.54. The molecule has 1 aliphatic heterocycles. The Hall–Kier alpha value is -2.68. The summed E-state index contributed by atoms with van der Waals surface area (Å²) in [7, 11) is 1.48. The minimum atomic E-state index is -1.01. The van der Waals surface area contributed by atoms with E-state index >= 15 is 0 Å². The zero-order valence-corrected chi connectivity index (χ0v) is 13.3. The van der Waals surface area contributed by atoms with Crippen molar-refractivity contribution in [1.29, 1.82) is 0 Å². The molecule has 0 atom stereocenters. The number of amides is 1. The van der Waals surface area contributed by atoms with Crippen LogP contribution in [0.5, 0.6) is 0 Å². The number of ether oxygens (including phenoxy) is 1. The molecule has 1 N–H and O–H groups in total. The normalized spacial score (nSPS) is 14.3. The molecule has 1 aliphatic rings. The van der Waals surface area contributed by atoms with Gasteiger partial charge in [0, 0.05) is 32.7 Å². The van der Waals surface area contributed by atoms with E-state index in [1.807, 2.05) is 0 Å². The van der Waals surface area contributed by atoms with Crippen molar-refractivity contribution in [2.24, 2.45) is 0 Å². The summed E-state index contributed by atoms with van der Waals surface area (Å²) in [6.07, 6.45) is -0.190. The lowest BCUT2D eigenvalue weighted by Gasteiger charge is -2.30. The van der Waals surface area contributed by atoms with Crippen LogP contribution >= 0.6 is 0 Å². The third kappa shape index (κ3) is 3.99. The molecule has 0 spiro atoms. The highest BCUT2D eigenvalue weighted by atomic mass is 16.6. The molecule has 1 fully saturated rings. The fourth-order valence-corrected chi connectivity index (χ4v) is 2.54. The molecule has 0 unspecified atom stereocenters. The average molecular weight is 337 g/mol. The highest BCUT2D eigenvalue weighted by Crippen LogP contribution is 2.33. The Morgan fingerprint density at radius 1 is 1.38 bits per heavy atom. The van der Waals surface area contributed by atoms with Crippen LogP contribution in [0.25, 0.3) is 0 Å². The number of carbonyl (C=O) groups is 2. The zero-order valence-electron chi connectivity index (χ0n) is 13.3. The van der Waals surface area contributed by atoms with Crippen LogP contribution in [0.2, 0.25) is 0 Å². The van der Waals surface area contributed by atoms with Crippen molar-refractivity contribution in [3.8, 4) is 0 Å². The zero-order chi connectivity index (χ0) is 17.7. The standard InChI is InChI=1S/C15H19N3O6/c1-16(6-5-13(19)20)15(21)11-3-2-4-12(18(22)23)14(11)17-7-9-24-10-8-17/h2-4H,5-10H2,1H3,(H,19,20). The molecule has 9 heteroatoms. The molecule has 0 aromatic heterocycles. The van der Waals surface area contributed by atoms with Gasteiger partial charge in [0.25, 0.3) is 11.6 Å². The van der Waals surface area contributed by atoms with Crippen molar-refractivity contribution < 1.29 is 24.4 Å². The second kappa shape index (κ2) is 7.73. The number of morpholine rings is 1. The number of nitro benzene ring substituents is 1. The van der Waals surface area contributed by atoms with Gasteiger partial charge in [0.2, 0.25) is 0 Å². The highest BCUT2D eigenvalue weighted by Gasteiger charge is 2.28. The summed E-state index contributed by atoms with van der Waals surface area (Å²) >= 11 is 0. The minimum Gasteiger partial charge on any atom is -0.481 e. The van der Waals surface area contributed by atoms with Crippen LogP contribution < -0.4 is 4.90 Å². The van der Waals surface area contributed by atoms with Crippen molar-refractivity contribution in [2.45, 2.75) is 6.42 Å². The van der Waals surface area contributed by atoms with Gasteiger partial charge >= 0.3 is 5.97 Å². The molecular formula is C15H19N3O6. The van der Waals surface area contributed by atoms with Crippen LogP contribution in [0.4, 0.5) is 11.4 Å². The topological polar surface area (TPSA) is 113 Å². The van der Waals surface area contributed by atoms with Gasteiger partial charge in [-0.25, -0.2) is 0 Å². The summed E-state index contributed by atoms with van der Waals surface area (Å²) < 4.78 is 5.26. The van der Waals surface area contributed by atoms with E-state index in [9.17, 15) is 19.7 Å². The first-order valence-corrected chi connectivity index (χ1v) is 7.49. The average Bonchev–Trinajstić information content (AvgIpc) is 2.58. The smallest absolute Gasteiger partial charge is 0.305 e. The van der Waals surface area contributed by atoms with Gasteiger partial charge in [-0.3, -0.25) is 19.7 Å². The van der Waals surface area contributed by atoms with Crippen LogP contribution in [-0.2, 0) is 9.53 Å². The Kier molecular flexibility index (Phi) is 5.69. The van der Waals surface area contributed by atoms with E-state index in [1.54, 1.807) is 4.90 Å². The molecule has 1 amide bonds. The highest BCUT2D eigenvalue weighted by molar-refractivity contribution is 6.02. The Balaban J connectivity index is 2.37. The van der Waals surface area contributed by atoms with Crippen LogP contribution in [0.15, 0.2) is 18.2 Å². The predicted octanol–water partition coefficient (Wildman–Crippen LogP) is 0.978. The summed E-state index contributed by atoms with van der Waals surface area (Å²) in [6.45, 7) is 1.77. The van der Waals surface area contributed by atoms with Crippen LogP contribution in [0.1, 0.15) is 16.8 Å². The molecular weight excluding hydrogens is 318 g/mol. The lowest BCUT2D eigenvalue weighted by Crippen LogP contribution is -2.38. The summed E-state index contributed by atoms with van der Waals surface area (Å²) in [5.41, 5.74) is 0.311. The Bertz CT molecular complexity index is 642. The van der Waals surface area contributed by atoms with Gasteiger partial charge in [0.1, 0.15) is 5.69 Å². The van der Waals surface area contributed by atoms with E-state index in [4.69, 9.17) is 9.84 Å². The van der Waals surface area contributed by atoms with Crippen LogP contribution in [0, 0.1) is 10.1 Å². The molecule has 0 aliphatic carbocycles. The van der Waals surface area contributed by atoms with E-state index in [0.717, 1.165) is 0 Å². The Labute approximate surface area is 138 Å². The maximum atomic E-state index is 12.6. The van der Waals surface area contributed by atoms with Crippen molar-refractivity contribution in [3.05, 3.63) is 33.9 Å². The molecule has 0 saturated carbocycles. The summed E-state index contributed by atoms with van der Waals surface area (Å²) in [6, 6.07) is 4.34. The second-order valence-electron chi connectivity index (χ2n) is 5.40. The first-order valence-electron chi connectivity index (χ1n) is 7.49. The van der Waals surface area contributed by atoms with E-state index in [2.05, 4.69) is 0 Å². The summed E-state index contributed by atoms with van der Waals surface area (Å²) in [5, 5.41) is 20.1. The minimum absolute atomic E-state index is 0.0272. The Morgan fingerprint density at radius 3 is 2.62 bits per heavy atom. The third-order valence-corrected chi connectivity index (χ3v) is 3.78. The summed E-state index contributed by atoms with van der Waals surface area (Å²) in [4.78, 5) is 37.2. The van der Waals surface area contributed by atoms with Crippen LogP contribution in [-0.4, -0.2) is 66.7 Å². The van der Waals surface area contributed by atoms with E-state index < -0.39 is 16.8 Å². The molecule has 0 radical (unpaired) electrons. The third-order valence-electron chi connectivity index (χ3n) is 3.78. The first-order chi connectivity index (χ1) is 11.4. The van der Waals surface area contributed by atoms with Crippen molar-refractivity contribution in [2.75, 3.05) is 44.8 Å². The van der Waals surface area contributed by atoms with Gasteiger partial charge in [0.15, 0.2) is 0 Å². The van der Waals surface area contributed by atoms with Crippen LogP contribution in [0.3, 0.4) is 0 Å². The van der Waals surface area contributed by atoms with Gasteiger partial charge in [-0.05, 0) is 6.07 Å². The van der Waals surface area contributed by atoms with Crippen molar-refractivity contribution in [1.82, 2.24) is 4.90 Å². The quantitative estimate of drug-likeness (QED) is 0.608. The number of hydrogen-bond donors (Lipinski definition) is 1. The van der Waals surface area contributed by atoms with E-state index in [-0.39, 0.29) is 29.9 Å². The molecule has 1 saturated heterocycles. The number of aliphatic carboxylic acids is 1. The number of carboxylic acids is 1. The second-order valence-corrected chi connectivity index (χ2v) is 5.40. The largest absolute Gasteiger partial charge is 0.481 e. The lowest BCUT2D eigenvalue weighted by molar-refractivity contribution is -0.384. The lowest BCUT2D eigenvalue weighted by atomic mass is 10.1. The Morgan fingerprint density at radius 2 is 2.04 bits per heavy atom. The predicted molar refractivity (Wildman–Crippen MR) is 85.3 cm³/mol. The molecule has 24 heavy (non-hydrogen) atoms. The maximum Gasteiger partial charge on any atom is 0.305 e. The number of benzene rings is 1. The van der Waals surface area contributed by atoms with Gasteiger partial charge in [-0.1, -0.05) is 6.07 Å². The summed E-state index contributed by atoms with van der Waals surface area (Å²) in [5.74, 6) is -1.46. The van der Waals surface area contributed by atoms with Crippen molar-refractivity contribution in [3.63, 3.8) is 0 Å². The first kappa shape index (κ1) is 17.7. The number of hydrogen-bond acceptors (Lipinski definition) is 6. The van der Waals surface area contributed by atoms with Gasteiger partial charge in [-0.15, -0.1) is 0 Å². The van der Waals surface area contributed by atoms with Gasteiger partial charge < -0.3 is 19.6 Å². The van der Waals surface area contributed by atoms with Gasteiger partial charge in [0.05, 0.1) is 30.1 Å². The maximum absolute atomic E-state index is 12.6. The number of anilines is 1. The monoisotopic (exact) mass is 337 g/mol. The molecule has 1 aromatic carbocycles. The molecule has 1 aromatic rings. The fraction of sp³-hybridized carbons (Fsp3) is 0.467. The molecule has 130 valence electrons. The SMILES string of the molecule is CN(CCC(=O)O)C(=O)c1cccc([N+](=O)[O-])c1N1CCOCC1. The van der Waals surface area contributed by atoms with E-state index in [0.29, 0.717) is 26.3 Å². The molecule has 9 nitrogen and oxygen atoms in total. The van der Waals surface area contributed by atoms with Crippen molar-refractivity contribution >= 4 is 23.3 Å². The number of carboxylic acid groups (broad SMARTS) is 1. The molecule has 0 bridgehead atoms. The van der Waals surface area contributed by atoms with E-state index in [1.165, 1.54) is 30.1 Å².